The molecule has 0 radical (unpaired) electrons. The molecule has 1 aromatic carbocycles. The van der Waals surface area contributed by atoms with Gasteiger partial charge in [-0.2, -0.15) is 0 Å². The number of rotatable bonds is 5. The summed E-state index contributed by atoms with van der Waals surface area (Å²) in [5.74, 6) is 2.36. The molecule has 4 aromatic rings. The van der Waals surface area contributed by atoms with Crippen LogP contribution in [-0.4, -0.2) is 22.2 Å². The Hall–Kier alpha value is -2.93. The number of hydrogen-bond donors (Lipinski definition) is 1. The fourth-order valence-electron chi connectivity index (χ4n) is 2.58. The number of aryl methyl sites for hydroxylation is 1. The maximum atomic E-state index is 5.43. The molecular weight excluding hydrogens is 336 g/mol. The predicted octanol–water partition coefficient (Wildman–Crippen LogP) is 4.28. The summed E-state index contributed by atoms with van der Waals surface area (Å²) in [5, 5.41) is 8.46. The van der Waals surface area contributed by atoms with Gasteiger partial charge in [0.05, 0.1) is 19.0 Å². The molecule has 1 N–H and O–H groups in total. The number of hydrogen-bond acceptors (Lipinski definition) is 7. The van der Waals surface area contributed by atoms with Gasteiger partial charge in [-0.25, -0.2) is 9.97 Å². The van der Waals surface area contributed by atoms with E-state index < -0.39 is 0 Å². The Morgan fingerprint density at radius 1 is 1.16 bits per heavy atom. The van der Waals surface area contributed by atoms with Gasteiger partial charge in [0.1, 0.15) is 28.4 Å². The van der Waals surface area contributed by atoms with Gasteiger partial charge in [-0.05, 0) is 37.3 Å². The molecule has 3 aromatic heterocycles. The molecule has 126 valence electrons. The maximum Gasteiger partial charge on any atom is 0.156 e. The van der Waals surface area contributed by atoms with Crippen LogP contribution in [0.5, 0.6) is 5.75 Å². The second-order valence-electron chi connectivity index (χ2n) is 5.56. The molecular formula is C18H16N4O2S. The highest BCUT2D eigenvalue weighted by Gasteiger charge is 2.10. The van der Waals surface area contributed by atoms with Gasteiger partial charge in [0.25, 0.3) is 0 Å². The van der Waals surface area contributed by atoms with Crippen LogP contribution >= 0.6 is 11.3 Å². The summed E-state index contributed by atoms with van der Waals surface area (Å²) in [5.41, 5.74) is 1.77. The molecule has 0 aliphatic rings. The first-order valence-electron chi connectivity index (χ1n) is 7.78. The topological polar surface area (TPSA) is 73.1 Å². The zero-order chi connectivity index (χ0) is 17.2. The SMILES string of the molecule is COc1ccc(-c2cc(CNc3ncnc4sc(C)cc34)on2)cc1. The third-order valence-electron chi connectivity index (χ3n) is 3.83. The predicted molar refractivity (Wildman–Crippen MR) is 98.0 cm³/mol. The Kier molecular flexibility index (Phi) is 4.07. The van der Waals surface area contributed by atoms with Crippen LogP contribution in [0.15, 0.2) is 47.2 Å². The van der Waals surface area contributed by atoms with E-state index in [1.54, 1.807) is 24.8 Å². The lowest BCUT2D eigenvalue weighted by Gasteiger charge is -2.03. The van der Waals surface area contributed by atoms with Crippen molar-refractivity contribution in [2.75, 3.05) is 12.4 Å². The van der Waals surface area contributed by atoms with Gasteiger partial charge in [-0.1, -0.05) is 5.16 Å². The van der Waals surface area contributed by atoms with Crippen molar-refractivity contribution in [2.24, 2.45) is 0 Å². The van der Waals surface area contributed by atoms with Gasteiger partial charge in [0.15, 0.2) is 5.76 Å². The normalized spacial score (nSPS) is 11.0. The van der Waals surface area contributed by atoms with Gasteiger partial charge >= 0.3 is 0 Å². The van der Waals surface area contributed by atoms with Crippen LogP contribution in [0.2, 0.25) is 0 Å². The van der Waals surface area contributed by atoms with Crippen molar-refractivity contribution in [1.82, 2.24) is 15.1 Å². The number of nitrogens with one attached hydrogen (secondary N) is 1. The van der Waals surface area contributed by atoms with Gasteiger partial charge < -0.3 is 14.6 Å². The molecule has 0 unspecified atom stereocenters. The third-order valence-corrected chi connectivity index (χ3v) is 4.79. The van der Waals surface area contributed by atoms with E-state index in [1.165, 1.54) is 4.88 Å². The van der Waals surface area contributed by atoms with E-state index in [-0.39, 0.29) is 0 Å². The summed E-state index contributed by atoms with van der Waals surface area (Å²) in [7, 11) is 1.65. The molecule has 3 heterocycles. The van der Waals surface area contributed by atoms with E-state index in [0.29, 0.717) is 6.54 Å². The lowest BCUT2D eigenvalue weighted by molar-refractivity contribution is 0.390. The molecule has 0 saturated heterocycles. The highest BCUT2D eigenvalue weighted by molar-refractivity contribution is 7.18. The lowest BCUT2D eigenvalue weighted by atomic mass is 10.1. The van der Waals surface area contributed by atoms with Crippen LogP contribution in [-0.2, 0) is 6.54 Å². The number of ether oxygens (including phenoxy) is 1. The molecule has 25 heavy (non-hydrogen) atoms. The number of benzene rings is 1. The molecule has 0 bridgehead atoms. The monoisotopic (exact) mass is 352 g/mol. The summed E-state index contributed by atoms with van der Waals surface area (Å²) in [6.45, 7) is 2.57. The van der Waals surface area contributed by atoms with Crippen molar-refractivity contribution in [2.45, 2.75) is 13.5 Å². The minimum atomic E-state index is 0.504. The Morgan fingerprint density at radius 3 is 2.80 bits per heavy atom. The van der Waals surface area contributed by atoms with Gasteiger partial charge in [0, 0.05) is 16.5 Å². The van der Waals surface area contributed by atoms with Crippen LogP contribution < -0.4 is 10.1 Å². The van der Waals surface area contributed by atoms with Gasteiger partial charge in [-0.3, -0.25) is 0 Å². The first kappa shape index (κ1) is 15.6. The first-order chi connectivity index (χ1) is 12.2. The van der Waals surface area contributed by atoms with E-state index in [0.717, 1.165) is 38.8 Å². The van der Waals surface area contributed by atoms with Crippen molar-refractivity contribution < 1.29 is 9.26 Å². The molecule has 0 amide bonds. The van der Waals surface area contributed by atoms with E-state index in [1.807, 2.05) is 30.3 Å². The fraction of sp³-hybridized carbons (Fsp3) is 0.167. The van der Waals surface area contributed by atoms with Crippen LogP contribution in [0.4, 0.5) is 5.82 Å². The van der Waals surface area contributed by atoms with Crippen molar-refractivity contribution in [3.05, 3.63) is 53.4 Å². The molecule has 0 saturated carbocycles. The summed E-state index contributed by atoms with van der Waals surface area (Å²) in [4.78, 5) is 10.8. The number of fused-ring (bicyclic) bond motifs is 1. The van der Waals surface area contributed by atoms with Crippen molar-refractivity contribution in [3.63, 3.8) is 0 Å². The van der Waals surface area contributed by atoms with E-state index in [9.17, 15) is 0 Å². The van der Waals surface area contributed by atoms with E-state index in [4.69, 9.17) is 9.26 Å². The zero-order valence-electron chi connectivity index (χ0n) is 13.8. The molecule has 0 aliphatic heterocycles. The Morgan fingerprint density at radius 2 is 2.00 bits per heavy atom. The molecule has 0 aliphatic carbocycles. The average Bonchev–Trinajstić information content (AvgIpc) is 3.26. The summed E-state index contributed by atoms with van der Waals surface area (Å²) in [6.07, 6.45) is 1.57. The number of thiophene rings is 1. The number of aromatic nitrogens is 3. The van der Waals surface area contributed by atoms with Gasteiger partial charge in [-0.15, -0.1) is 11.3 Å². The van der Waals surface area contributed by atoms with Crippen LogP contribution in [0.1, 0.15) is 10.6 Å². The molecule has 4 rings (SSSR count). The molecule has 0 atom stereocenters. The van der Waals surface area contributed by atoms with E-state index in [2.05, 4.69) is 33.4 Å². The number of nitrogens with zero attached hydrogens (tertiary/aromatic N) is 3. The number of anilines is 1. The third kappa shape index (κ3) is 3.18. The number of methoxy groups -OCH3 is 1. The first-order valence-corrected chi connectivity index (χ1v) is 8.59. The van der Waals surface area contributed by atoms with Crippen LogP contribution in [0.25, 0.3) is 21.5 Å². The standard InChI is InChI=1S/C18H16N4O2S/c1-11-7-15-17(20-10-21-18(15)25-11)19-9-14-8-16(22-24-14)12-3-5-13(23-2)6-4-12/h3-8,10H,9H2,1-2H3,(H,19,20,21). The quantitative estimate of drug-likeness (QED) is 0.578. The summed E-state index contributed by atoms with van der Waals surface area (Å²) in [6, 6.07) is 11.7. The largest absolute Gasteiger partial charge is 0.497 e. The molecule has 0 spiro atoms. The van der Waals surface area contributed by atoms with Gasteiger partial charge in [0.2, 0.25) is 0 Å². The lowest BCUT2D eigenvalue weighted by Crippen LogP contribution is -2.00. The van der Waals surface area contributed by atoms with Crippen molar-refractivity contribution >= 4 is 27.4 Å². The molecule has 0 fully saturated rings. The van der Waals surface area contributed by atoms with Crippen molar-refractivity contribution in [3.8, 4) is 17.0 Å². The Labute approximate surface area is 148 Å². The fourth-order valence-corrected chi connectivity index (χ4v) is 3.43. The minimum Gasteiger partial charge on any atom is -0.497 e. The smallest absolute Gasteiger partial charge is 0.156 e. The summed E-state index contributed by atoms with van der Waals surface area (Å²) >= 11 is 1.66. The second kappa shape index (κ2) is 6.52. The highest BCUT2D eigenvalue weighted by atomic mass is 32.1. The van der Waals surface area contributed by atoms with E-state index >= 15 is 0 Å². The van der Waals surface area contributed by atoms with Crippen LogP contribution in [0, 0.1) is 6.92 Å². The average molecular weight is 352 g/mol. The molecule has 6 nitrogen and oxygen atoms in total. The van der Waals surface area contributed by atoms with Crippen LogP contribution in [0.3, 0.4) is 0 Å². The highest BCUT2D eigenvalue weighted by Crippen LogP contribution is 2.28. The minimum absolute atomic E-state index is 0.504. The summed E-state index contributed by atoms with van der Waals surface area (Å²) < 4.78 is 10.6. The van der Waals surface area contributed by atoms with Crippen molar-refractivity contribution in [1.29, 1.82) is 0 Å². The Balaban J connectivity index is 1.50. The Bertz CT molecular complexity index is 1010. The molecule has 7 heteroatoms. The second-order valence-corrected chi connectivity index (χ2v) is 6.79. The maximum absolute atomic E-state index is 5.43. The zero-order valence-corrected chi connectivity index (χ0v) is 14.6.